The van der Waals surface area contributed by atoms with Gasteiger partial charge < -0.3 is 20.9 Å². The zero-order chi connectivity index (χ0) is 13.9. The van der Waals surface area contributed by atoms with Crippen molar-refractivity contribution < 1.29 is 14.6 Å². The topological polar surface area (TPSA) is 84.6 Å². The molecule has 1 aromatic rings. The van der Waals surface area contributed by atoms with E-state index in [4.69, 9.17) is 10.5 Å². The maximum Gasteiger partial charge on any atom is 0.244 e. The van der Waals surface area contributed by atoms with Gasteiger partial charge in [-0.1, -0.05) is 0 Å². The predicted octanol–water partition coefficient (Wildman–Crippen LogP) is 1.40. The molecule has 1 aliphatic carbocycles. The van der Waals surface area contributed by atoms with E-state index in [0.717, 1.165) is 19.3 Å². The van der Waals surface area contributed by atoms with Crippen LogP contribution in [-0.2, 0) is 11.4 Å². The number of aliphatic hydroxyl groups excluding tert-OH is 1. The van der Waals surface area contributed by atoms with Crippen LogP contribution in [0, 0.1) is 0 Å². The molecule has 5 heteroatoms. The fourth-order valence-corrected chi connectivity index (χ4v) is 2.12. The fraction of sp³-hybridized carbons (Fsp3) is 0.500. The van der Waals surface area contributed by atoms with E-state index in [-0.39, 0.29) is 12.5 Å². The highest BCUT2D eigenvalue weighted by Crippen LogP contribution is 2.31. The number of nitrogens with one attached hydrogen (secondary N) is 1. The van der Waals surface area contributed by atoms with Gasteiger partial charge in [-0.3, -0.25) is 4.79 Å². The molecule has 0 bridgehead atoms. The van der Waals surface area contributed by atoms with Gasteiger partial charge in [-0.05, 0) is 44.4 Å². The molecule has 1 amide bonds. The average molecular weight is 264 g/mol. The predicted molar refractivity (Wildman–Crippen MR) is 72.9 cm³/mol. The Balaban J connectivity index is 2.10. The van der Waals surface area contributed by atoms with Gasteiger partial charge in [0, 0.05) is 11.3 Å². The van der Waals surface area contributed by atoms with E-state index in [1.807, 2.05) is 6.92 Å². The van der Waals surface area contributed by atoms with Crippen LogP contribution in [0.25, 0.3) is 0 Å². The van der Waals surface area contributed by atoms with Crippen molar-refractivity contribution in [2.24, 2.45) is 5.73 Å². The Morgan fingerprint density at radius 2 is 2.26 bits per heavy atom. The molecule has 4 N–H and O–H groups in total. The van der Waals surface area contributed by atoms with E-state index >= 15 is 0 Å². The van der Waals surface area contributed by atoms with E-state index in [2.05, 4.69) is 5.32 Å². The molecule has 0 heterocycles. The molecule has 0 atom stereocenters. The first-order chi connectivity index (χ1) is 9.09. The van der Waals surface area contributed by atoms with Gasteiger partial charge in [0.1, 0.15) is 5.75 Å². The maximum atomic E-state index is 12.0. The Kier molecular flexibility index (Phi) is 4.07. The first kappa shape index (κ1) is 13.8. The van der Waals surface area contributed by atoms with E-state index in [0.29, 0.717) is 23.6 Å². The number of hydrogen-bond acceptors (Lipinski definition) is 4. The van der Waals surface area contributed by atoms with Crippen molar-refractivity contribution in [2.75, 3.05) is 11.9 Å². The largest absolute Gasteiger partial charge is 0.494 e. The number of carbonyl (C=O) groups excluding carboxylic acids is 1. The molecule has 0 saturated heterocycles. The number of benzene rings is 1. The molecular weight excluding hydrogens is 244 g/mol. The number of anilines is 1. The maximum absolute atomic E-state index is 12.0. The van der Waals surface area contributed by atoms with Crippen molar-refractivity contribution in [2.45, 2.75) is 38.3 Å². The van der Waals surface area contributed by atoms with Crippen molar-refractivity contribution >= 4 is 11.6 Å². The minimum atomic E-state index is -0.724. The van der Waals surface area contributed by atoms with Gasteiger partial charge in [-0.25, -0.2) is 0 Å². The van der Waals surface area contributed by atoms with Crippen LogP contribution >= 0.6 is 0 Å². The summed E-state index contributed by atoms with van der Waals surface area (Å²) in [5, 5.41) is 12.1. The molecule has 0 unspecified atom stereocenters. The van der Waals surface area contributed by atoms with Crippen LogP contribution in [0.3, 0.4) is 0 Å². The fourth-order valence-electron chi connectivity index (χ4n) is 2.12. The normalized spacial score (nSPS) is 16.6. The van der Waals surface area contributed by atoms with E-state index in [9.17, 15) is 9.90 Å². The van der Waals surface area contributed by atoms with Crippen LogP contribution in [0.1, 0.15) is 31.7 Å². The van der Waals surface area contributed by atoms with Gasteiger partial charge in [0.15, 0.2) is 0 Å². The number of nitrogens with two attached hydrogens (primary N) is 1. The number of aliphatic hydroxyl groups is 1. The molecule has 1 fully saturated rings. The number of carbonyl (C=O) groups is 1. The van der Waals surface area contributed by atoms with Crippen molar-refractivity contribution in [3.05, 3.63) is 23.8 Å². The van der Waals surface area contributed by atoms with Gasteiger partial charge in [-0.15, -0.1) is 0 Å². The number of hydrogen-bond donors (Lipinski definition) is 3. The average Bonchev–Trinajstić information content (AvgIpc) is 2.37. The molecule has 1 saturated carbocycles. The lowest BCUT2D eigenvalue weighted by atomic mass is 9.77. The van der Waals surface area contributed by atoms with Crippen molar-refractivity contribution in [1.29, 1.82) is 0 Å². The van der Waals surface area contributed by atoms with Crippen LogP contribution in [-0.4, -0.2) is 23.2 Å². The van der Waals surface area contributed by atoms with Crippen molar-refractivity contribution in [3.63, 3.8) is 0 Å². The van der Waals surface area contributed by atoms with Gasteiger partial charge in [0.05, 0.1) is 18.8 Å². The van der Waals surface area contributed by atoms with Gasteiger partial charge in [0.2, 0.25) is 5.91 Å². The molecule has 1 aromatic carbocycles. The first-order valence-corrected chi connectivity index (χ1v) is 6.56. The number of amides is 1. The van der Waals surface area contributed by atoms with Crippen LogP contribution in [0.15, 0.2) is 18.2 Å². The minimum Gasteiger partial charge on any atom is -0.494 e. The molecule has 0 aromatic heterocycles. The van der Waals surface area contributed by atoms with E-state index in [1.54, 1.807) is 18.2 Å². The quantitative estimate of drug-likeness (QED) is 0.750. The van der Waals surface area contributed by atoms with Gasteiger partial charge in [0.25, 0.3) is 0 Å². The smallest absolute Gasteiger partial charge is 0.244 e. The standard InChI is InChI=1S/C14H20N2O3/c1-2-19-12-5-4-11(8-10(12)9-17)16-13(18)14(15)6-3-7-14/h4-5,8,17H,2-3,6-7,9,15H2,1H3,(H,16,18). The Hall–Kier alpha value is -1.59. The Morgan fingerprint density at radius 3 is 2.79 bits per heavy atom. The van der Waals surface area contributed by atoms with E-state index < -0.39 is 5.54 Å². The Labute approximate surface area is 112 Å². The first-order valence-electron chi connectivity index (χ1n) is 6.56. The van der Waals surface area contributed by atoms with E-state index in [1.165, 1.54) is 0 Å². The number of ether oxygens (including phenoxy) is 1. The highest BCUT2D eigenvalue weighted by Gasteiger charge is 2.40. The highest BCUT2D eigenvalue weighted by molar-refractivity contribution is 5.98. The SMILES string of the molecule is CCOc1ccc(NC(=O)C2(N)CCC2)cc1CO. The minimum absolute atomic E-state index is 0.132. The summed E-state index contributed by atoms with van der Waals surface area (Å²) < 4.78 is 5.39. The lowest BCUT2D eigenvalue weighted by Crippen LogP contribution is -2.56. The molecule has 2 rings (SSSR count). The Bertz CT molecular complexity index is 470. The van der Waals surface area contributed by atoms with Gasteiger partial charge in [-0.2, -0.15) is 0 Å². The molecule has 0 radical (unpaired) electrons. The van der Waals surface area contributed by atoms with Gasteiger partial charge >= 0.3 is 0 Å². The summed E-state index contributed by atoms with van der Waals surface area (Å²) in [4.78, 5) is 12.0. The third-order valence-electron chi connectivity index (χ3n) is 3.49. The lowest BCUT2D eigenvalue weighted by molar-refractivity contribution is -0.123. The van der Waals surface area contributed by atoms with Crippen LogP contribution < -0.4 is 15.8 Å². The molecule has 19 heavy (non-hydrogen) atoms. The molecule has 5 nitrogen and oxygen atoms in total. The summed E-state index contributed by atoms with van der Waals surface area (Å²) in [5.74, 6) is 0.473. The Morgan fingerprint density at radius 1 is 1.53 bits per heavy atom. The molecule has 104 valence electrons. The summed E-state index contributed by atoms with van der Waals surface area (Å²) in [5.41, 5.74) is 6.52. The zero-order valence-corrected chi connectivity index (χ0v) is 11.1. The third-order valence-corrected chi connectivity index (χ3v) is 3.49. The summed E-state index contributed by atoms with van der Waals surface area (Å²) in [6, 6.07) is 5.21. The highest BCUT2D eigenvalue weighted by atomic mass is 16.5. The number of rotatable bonds is 5. The van der Waals surface area contributed by atoms with Crippen molar-refractivity contribution in [1.82, 2.24) is 0 Å². The van der Waals surface area contributed by atoms with Crippen molar-refractivity contribution in [3.8, 4) is 5.75 Å². The summed E-state index contributed by atoms with van der Waals surface area (Å²) >= 11 is 0. The summed E-state index contributed by atoms with van der Waals surface area (Å²) in [6.45, 7) is 2.28. The lowest BCUT2D eigenvalue weighted by Gasteiger charge is -2.36. The second-order valence-electron chi connectivity index (χ2n) is 4.88. The molecule has 0 aliphatic heterocycles. The third kappa shape index (κ3) is 2.88. The summed E-state index contributed by atoms with van der Waals surface area (Å²) in [6.07, 6.45) is 2.44. The van der Waals surface area contributed by atoms with Crippen LogP contribution in [0.5, 0.6) is 5.75 Å². The van der Waals surface area contributed by atoms with Crippen LogP contribution in [0.2, 0.25) is 0 Å². The summed E-state index contributed by atoms with van der Waals surface area (Å²) in [7, 11) is 0. The van der Waals surface area contributed by atoms with Crippen LogP contribution in [0.4, 0.5) is 5.69 Å². The second-order valence-corrected chi connectivity index (χ2v) is 4.88. The molecule has 0 spiro atoms. The zero-order valence-electron chi connectivity index (χ0n) is 11.1. The second kappa shape index (κ2) is 5.59. The monoisotopic (exact) mass is 264 g/mol. The molecule has 1 aliphatic rings. The molecular formula is C14H20N2O3.